The van der Waals surface area contributed by atoms with Crippen molar-refractivity contribution in [3.63, 3.8) is 0 Å². The Morgan fingerprint density at radius 2 is 1.75 bits per heavy atom. The molecule has 0 saturated carbocycles. The first kappa shape index (κ1) is 25.6. The molecule has 3 aliphatic rings. The molecule has 36 heavy (non-hydrogen) atoms. The second-order valence-corrected chi connectivity index (χ2v) is 11.2. The number of fused-ring (bicyclic) bond motifs is 4. The minimum atomic E-state index is -4.81. The minimum Gasteiger partial charge on any atom is -0.388 e. The first-order valence-electron chi connectivity index (χ1n) is 12.3. The first-order valence-corrected chi connectivity index (χ1v) is 12.3. The normalized spacial score (nSPS) is 26.8. The van der Waals surface area contributed by atoms with Gasteiger partial charge in [0.25, 0.3) is 0 Å². The van der Waals surface area contributed by atoms with E-state index in [4.69, 9.17) is 14.5 Å². The summed E-state index contributed by atoms with van der Waals surface area (Å²) in [4.78, 5) is 4.85. The van der Waals surface area contributed by atoms with E-state index in [0.29, 0.717) is 55.0 Å². The molecule has 0 amide bonds. The lowest BCUT2D eigenvalue weighted by atomic mass is 9.68. The second kappa shape index (κ2) is 8.48. The molecule has 9 heteroatoms. The van der Waals surface area contributed by atoms with Crippen LogP contribution in [0.2, 0.25) is 0 Å². The maximum atomic E-state index is 14.7. The van der Waals surface area contributed by atoms with Crippen molar-refractivity contribution < 1.29 is 37.2 Å². The van der Waals surface area contributed by atoms with Gasteiger partial charge in [0, 0.05) is 42.9 Å². The highest BCUT2D eigenvalue weighted by molar-refractivity contribution is 5.55. The SMILES string of the molecule is CC(C)c1nc2c(c3c1[C@@H](c1ccc(C(F)(F)F)c(F)c1)OC31CCOCC1)C(O)CC(C)(C)[C@H]2O. The molecule has 1 aromatic carbocycles. The zero-order valence-corrected chi connectivity index (χ0v) is 20.7. The van der Waals surface area contributed by atoms with Gasteiger partial charge in [-0.05, 0) is 41.0 Å². The van der Waals surface area contributed by atoms with E-state index in [2.05, 4.69) is 0 Å². The van der Waals surface area contributed by atoms with Gasteiger partial charge in [-0.15, -0.1) is 0 Å². The van der Waals surface area contributed by atoms with Gasteiger partial charge in [0.05, 0.1) is 23.0 Å². The number of alkyl halides is 3. The summed E-state index contributed by atoms with van der Waals surface area (Å²) in [6.07, 6.45) is -6.28. The van der Waals surface area contributed by atoms with Crippen molar-refractivity contribution in [2.45, 2.75) is 83.0 Å². The standard InChI is InChI=1S/C27H31F4NO4/c1-13(2)21-19-20(18-17(33)12-25(3,4)24(34)22(18)32-21)26(7-9-35-10-8-26)36-23(19)14-5-6-15(16(28)11-14)27(29,30)31/h5-6,11,13,17,23-24,33-34H,7-10,12H2,1-4H3/t17?,23-,24+/m1/s1. The maximum absolute atomic E-state index is 14.7. The highest BCUT2D eigenvalue weighted by Gasteiger charge is 2.54. The highest BCUT2D eigenvalue weighted by Crippen LogP contribution is 2.59. The molecule has 5 rings (SSSR count). The van der Waals surface area contributed by atoms with Crippen LogP contribution < -0.4 is 0 Å². The average molecular weight is 510 g/mol. The van der Waals surface area contributed by atoms with Crippen LogP contribution in [0.3, 0.4) is 0 Å². The van der Waals surface area contributed by atoms with E-state index in [1.165, 1.54) is 6.07 Å². The largest absolute Gasteiger partial charge is 0.419 e. The van der Waals surface area contributed by atoms with E-state index < -0.39 is 46.9 Å². The Hall–Kier alpha value is -2.07. The number of rotatable bonds is 2. The summed E-state index contributed by atoms with van der Waals surface area (Å²) in [5.41, 5.74) is 0.353. The molecular formula is C27H31F4NO4. The third-order valence-electron chi connectivity index (χ3n) is 7.89. The van der Waals surface area contributed by atoms with Crippen LogP contribution in [0.5, 0.6) is 0 Å². The van der Waals surface area contributed by atoms with Crippen molar-refractivity contribution in [1.82, 2.24) is 4.98 Å². The van der Waals surface area contributed by atoms with Crippen LogP contribution in [0, 0.1) is 11.2 Å². The zero-order chi connectivity index (χ0) is 26.2. The van der Waals surface area contributed by atoms with E-state index in [1.54, 1.807) is 0 Å². The molecule has 2 aromatic rings. The van der Waals surface area contributed by atoms with Gasteiger partial charge in [-0.3, -0.25) is 4.98 Å². The number of aliphatic hydroxyl groups is 2. The van der Waals surface area contributed by atoms with Gasteiger partial charge in [-0.25, -0.2) is 4.39 Å². The Kier molecular flexibility index (Phi) is 6.02. The van der Waals surface area contributed by atoms with Crippen molar-refractivity contribution in [3.05, 3.63) is 63.2 Å². The molecule has 1 unspecified atom stereocenters. The van der Waals surface area contributed by atoms with E-state index in [9.17, 15) is 27.8 Å². The molecule has 1 saturated heterocycles. The van der Waals surface area contributed by atoms with Crippen LogP contribution in [0.4, 0.5) is 17.6 Å². The van der Waals surface area contributed by atoms with Crippen molar-refractivity contribution in [1.29, 1.82) is 0 Å². The number of aromatic nitrogens is 1. The topological polar surface area (TPSA) is 71.8 Å². The molecular weight excluding hydrogens is 478 g/mol. The quantitative estimate of drug-likeness (QED) is 0.487. The van der Waals surface area contributed by atoms with Crippen LogP contribution >= 0.6 is 0 Å². The van der Waals surface area contributed by atoms with E-state index in [-0.39, 0.29) is 11.5 Å². The van der Waals surface area contributed by atoms with Crippen LogP contribution in [-0.2, 0) is 21.3 Å². The van der Waals surface area contributed by atoms with Crippen molar-refractivity contribution in [2.24, 2.45) is 5.41 Å². The van der Waals surface area contributed by atoms with Gasteiger partial charge < -0.3 is 19.7 Å². The average Bonchev–Trinajstić information content (AvgIpc) is 3.10. The lowest BCUT2D eigenvalue weighted by Crippen LogP contribution is -2.38. The summed E-state index contributed by atoms with van der Waals surface area (Å²) in [6.45, 7) is 8.42. The van der Waals surface area contributed by atoms with Crippen LogP contribution in [0.1, 0.15) is 110 Å². The Morgan fingerprint density at radius 1 is 1.08 bits per heavy atom. The smallest absolute Gasteiger partial charge is 0.388 e. The fraction of sp³-hybridized carbons (Fsp3) is 0.593. The van der Waals surface area contributed by atoms with Crippen molar-refractivity contribution in [3.8, 4) is 0 Å². The number of benzene rings is 1. The molecule has 5 nitrogen and oxygen atoms in total. The Balaban J connectivity index is 1.78. The fourth-order valence-corrected chi connectivity index (χ4v) is 6.05. The van der Waals surface area contributed by atoms with Gasteiger partial charge in [-0.1, -0.05) is 33.8 Å². The molecule has 1 spiro atoms. The highest BCUT2D eigenvalue weighted by atomic mass is 19.4. The van der Waals surface area contributed by atoms with Crippen LogP contribution in [0.15, 0.2) is 18.2 Å². The van der Waals surface area contributed by atoms with Crippen LogP contribution in [0.25, 0.3) is 0 Å². The summed E-state index contributed by atoms with van der Waals surface area (Å²) in [5, 5.41) is 22.6. The Labute approximate surface area is 207 Å². The predicted octanol–water partition coefficient (Wildman–Crippen LogP) is 5.98. The van der Waals surface area contributed by atoms with Gasteiger partial charge in [0.2, 0.25) is 0 Å². The lowest BCUT2D eigenvalue weighted by Gasteiger charge is -2.42. The Morgan fingerprint density at radius 3 is 2.33 bits per heavy atom. The van der Waals surface area contributed by atoms with Gasteiger partial charge in [-0.2, -0.15) is 13.2 Å². The summed E-state index contributed by atoms with van der Waals surface area (Å²) >= 11 is 0. The maximum Gasteiger partial charge on any atom is 0.419 e. The first-order chi connectivity index (χ1) is 16.8. The lowest BCUT2D eigenvalue weighted by molar-refractivity contribution is -0.140. The fourth-order valence-electron chi connectivity index (χ4n) is 6.05. The molecule has 1 aliphatic carbocycles. The minimum absolute atomic E-state index is 0.126. The summed E-state index contributed by atoms with van der Waals surface area (Å²) in [5.74, 6) is -1.49. The summed E-state index contributed by atoms with van der Waals surface area (Å²) in [7, 11) is 0. The summed E-state index contributed by atoms with van der Waals surface area (Å²) < 4.78 is 66.6. The molecule has 0 radical (unpaired) electrons. The third-order valence-corrected chi connectivity index (χ3v) is 7.89. The molecule has 2 aliphatic heterocycles. The zero-order valence-electron chi connectivity index (χ0n) is 20.7. The molecule has 1 fully saturated rings. The molecule has 196 valence electrons. The number of pyridine rings is 1. The van der Waals surface area contributed by atoms with Gasteiger partial charge in [0.15, 0.2) is 0 Å². The van der Waals surface area contributed by atoms with Crippen molar-refractivity contribution >= 4 is 0 Å². The number of hydrogen-bond acceptors (Lipinski definition) is 5. The molecule has 0 bridgehead atoms. The number of nitrogens with zero attached hydrogens (tertiary/aromatic N) is 1. The Bertz CT molecular complexity index is 1190. The van der Waals surface area contributed by atoms with E-state index >= 15 is 0 Å². The van der Waals surface area contributed by atoms with E-state index in [0.717, 1.165) is 17.7 Å². The third kappa shape index (κ3) is 3.86. The van der Waals surface area contributed by atoms with Gasteiger partial charge >= 0.3 is 6.18 Å². The number of hydrogen-bond donors (Lipinski definition) is 2. The second-order valence-electron chi connectivity index (χ2n) is 11.2. The predicted molar refractivity (Wildman–Crippen MR) is 123 cm³/mol. The molecule has 3 heterocycles. The number of halogens is 4. The molecule has 1 aromatic heterocycles. The molecule has 3 atom stereocenters. The molecule has 2 N–H and O–H groups in total. The van der Waals surface area contributed by atoms with Crippen LogP contribution in [-0.4, -0.2) is 28.4 Å². The summed E-state index contributed by atoms with van der Waals surface area (Å²) in [6, 6.07) is 2.87. The van der Waals surface area contributed by atoms with Gasteiger partial charge in [0.1, 0.15) is 18.0 Å². The number of ether oxygens (including phenoxy) is 2. The number of aliphatic hydroxyl groups excluding tert-OH is 2. The van der Waals surface area contributed by atoms with E-state index in [1.807, 2.05) is 27.7 Å². The monoisotopic (exact) mass is 509 g/mol. The van der Waals surface area contributed by atoms with Crippen molar-refractivity contribution in [2.75, 3.05) is 13.2 Å².